The summed E-state index contributed by atoms with van der Waals surface area (Å²) in [7, 11) is 1.23. The topological polar surface area (TPSA) is 76.4 Å². The molecular formula is C12H19NO4. The first-order valence-electron chi connectivity index (χ1n) is 5.71. The average Bonchev–Trinajstić information content (AvgIpc) is 2.34. The van der Waals surface area contributed by atoms with Gasteiger partial charge in [0.2, 0.25) is 0 Å². The van der Waals surface area contributed by atoms with Crippen molar-refractivity contribution in [1.82, 2.24) is 0 Å². The number of rotatable bonds is 7. The minimum atomic E-state index is -1.40. The lowest BCUT2D eigenvalue weighted by atomic mass is 9.81. The van der Waals surface area contributed by atoms with E-state index in [9.17, 15) is 14.9 Å². The summed E-state index contributed by atoms with van der Waals surface area (Å²) in [6.45, 7) is 3.80. The number of hydrogen-bond acceptors (Lipinski definition) is 5. The van der Waals surface area contributed by atoms with Crippen molar-refractivity contribution in [3.05, 3.63) is 0 Å². The molecule has 0 aromatic carbocycles. The molecule has 96 valence electrons. The van der Waals surface area contributed by atoms with Crippen LogP contribution in [-0.4, -0.2) is 25.7 Å². The molecule has 0 bridgehead atoms. The standard InChI is InChI=1S/C12H19NO4/c1-4-6-7-12(9-13,8-10(14)16-3)11(15)17-5-2/h4-8H2,1-3H3. The Morgan fingerprint density at radius 2 is 2.00 bits per heavy atom. The third-order valence-corrected chi connectivity index (χ3v) is 2.51. The Balaban J connectivity index is 4.94. The van der Waals surface area contributed by atoms with Crippen molar-refractivity contribution < 1.29 is 19.1 Å². The van der Waals surface area contributed by atoms with Crippen molar-refractivity contribution in [1.29, 1.82) is 5.26 Å². The Morgan fingerprint density at radius 1 is 1.35 bits per heavy atom. The van der Waals surface area contributed by atoms with Gasteiger partial charge in [-0.1, -0.05) is 19.8 Å². The van der Waals surface area contributed by atoms with Crippen LogP contribution in [0.4, 0.5) is 0 Å². The molecule has 0 saturated heterocycles. The molecule has 0 aliphatic rings. The van der Waals surface area contributed by atoms with Gasteiger partial charge < -0.3 is 9.47 Å². The summed E-state index contributed by atoms with van der Waals surface area (Å²) in [5.74, 6) is -1.21. The Kier molecular flexibility index (Phi) is 6.95. The van der Waals surface area contributed by atoms with E-state index in [1.807, 2.05) is 13.0 Å². The monoisotopic (exact) mass is 241 g/mol. The van der Waals surface area contributed by atoms with Gasteiger partial charge in [-0.25, -0.2) is 0 Å². The largest absolute Gasteiger partial charge is 0.469 e. The molecule has 0 N–H and O–H groups in total. The fraction of sp³-hybridized carbons (Fsp3) is 0.750. The van der Waals surface area contributed by atoms with Gasteiger partial charge in [0.1, 0.15) is 0 Å². The normalized spacial score (nSPS) is 13.3. The zero-order chi connectivity index (χ0) is 13.3. The molecule has 0 rings (SSSR count). The Morgan fingerprint density at radius 3 is 2.41 bits per heavy atom. The highest BCUT2D eigenvalue weighted by atomic mass is 16.5. The van der Waals surface area contributed by atoms with Gasteiger partial charge in [0, 0.05) is 0 Å². The summed E-state index contributed by atoms with van der Waals surface area (Å²) in [6.07, 6.45) is 1.58. The summed E-state index contributed by atoms with van der Waals surface area (Å²) in [4.78, 5) is 23.1. The molecule has 0 saturated carbocycles. The summed E-state index contributed by atoms with van der Waals surface area (Å²) in [5, 5.41) is 9.19. The van der Waals surface area contributed by atoms with Crippen molar-refractivity contribution in [3.63, 3.8) is 0 Å². The predicted octanol–water partition coefficient (Wildman–Crippen LogP) is 1.81. The Bertz CT molecular complexity index is 308. The second-order valence-corrected chi connectivity index (χ2v) is 3.77. The van der Waals surface area contributed by atoms with E-state index in [-0.39, 0.29) is 13.0 Å². The molecule has 0 amide bonds. The Hall–Kier alpha value is -1.57. The zero-order valence-corrected chi connectivity index (χ0v) is 10.6. The molecule has 0 spiro atoms. The number of hydrogen-bond donors (Lipinski definition) is 0. The summed E-state index contributed by atoms with van der Waals surface area (Å²) in [6, 6.07) is 1.92. The SMILES string of the molecule is CCCCC(C#N)(CC(=O)OC)C(=O)OCC. The third-order valence-electron chi connectivity index (χ3n) is 2.51. The number of nitrogens with zero attached hydrogens (tertiary/aromatic N) is 1. The van der Waals surface area contributed by atoms with E-state index in [1.54, 1.807) is 6.92 Å². The highest BCUT2D eigenvalue weighted by Gasteiger charge is 2.42. The van der Waals surface area contributed by atoms with Crippen LogP contribution in [0, 0.1) is 16.7 Å². The molecule has 0 fully saturated rings. The van der Waals surface area contributed by atoms with Crippen LogP contribution in [0.3, 0.4) is 0 Å². The van der Waals surface area contributed by atoms with E-state index < -0.39 is 17.4 Å². The number of carbonyl (C=O) groups is 2. The van der Waals surface area contributed by atoms with Crippen LogP contribution in [0.15, 0.2) is 0 Å². The number of carbonyl (C=O) groups excluding carboxylic acids is 2. The van der Waals surface area contributed by atoms with Crippen molar-refractivity contribution in [3.8, 4) is 6.07 Å². The van der Waals surface area contributed by atoms with Gasteiger partial charge in [-0.2, -0.15) is 5.26 Å². The van der Waals surface area contributed by atoms with Crippen LogP contribution in [0.25, 0.3) is 0 Å². The van der Waals surface area contributed by atoms with Crippen molar-refractivity contribution in [2.45, 2.75) is 39.5 Å². The van der Waals surface area contributed by atoms with Crippen LogP contribution in [0.1, 0.15) is 39.5 Å². The van der Waals surface area contributed by atoms with E-state index >= 15 is 0 Å². The molecule has 0 aliphatic heterocycles. The first kappa shape index (κ1) is 15.4. The maximum atomic E-state index is 11.8. The molecule has 1 atom stereocenters. The molecule has 5 heteroatoms. The fourth-order valence-corrected chi connectivity index (χ4v) is 1.47. The van der Waals surface area contributed by atoms with Gasteiger partial charge in [0.05, 0.1) is 26.2 Å². The van der Waals surface area contributed by atoms with Gasteiger partial charge in [0.15, 0.2) is 5.41 Å². The molecule has 17 heavy (non-hydrogen) atoms. The van der Waals surface area contributed by atoms with E-state index in [2.05, 4.69) is 4.74 Å². The molecule has 0 heterocycles. The number of ether oxygens (including phenoxy) is 2. The lowest BCUT2D eigenvalue weighted by Crippen LogP contribution is -2.34. The van der Waals surface area contributed by atoms with E-state index in [0.717, 1.165) is 6.42 Å². The maximum Gasteiger partial charge on any atom is 0.327 e. The van der Waals surface area contributed by atoms with E-state index in [0.29, 0.717) is 12.8 Å². The summed E-state index contributed by atoms with van der Waals surface area (Å²) >= 11 is 0. The first-order chi connectivity index (χ1) is 8.06. The number of esters is 2. The molecule has 0 radical (unpaired) electrons. The van der Waals surface area contributed by atoms with Crippen LogP contribution >= 0.6 is 0 Å². The molecule has 0 aliphatic carbocycles. The Labute approximate surface area is 102 Å². The van der Waals surface area contributed by atoms with Gasteiger partial charge in [-0.15, -0.1) is 0 Å². The third kappa shape index (κ3) is 4.43. The molecule has 1 unspecified atom stereocenters. The van der Waals surface area contributed by atoms with Gasteiger partial charge in [-0.3, -0.25) is 9.59 Å². The molecular weight excluding hydrogens is 222 g/mol. The zero-order valence-electron chi connectivity index (χ0n) is 10.6. The summed E-state index contributed by atoms with van der Waals surface area (Å²) < 4.78 is 9.39. The van der Waals surface area contributed by atoms with Crippen molar-refractivity contribution in [2.75, 3.05) is 13.7 Å². The van der Waals surface area contributed by atoms with Crippen molar-refractivity contribution >= 4 is 11.9 Å². The molecule has 0 aromatic heterocycles. The lowest BCUT2D eigenvalue weighted by molar-refractivity contribution is -0.158. The minimum absolute atomic E-state index is 0.190. The van der Waals surface area contributed by atoms with Gasteiger partial charge >= 0.3 is 11.9 Å². The highest BCUT2D eigenvalue weighted by Crippen LogP contribution is 2.30. The van der Waals surface area contributed by atoms with E-state index in [1.165, 1.54) is 7.11 Å². The van der Waals surface area contributed by atoms with Crippen LogP contribution < -0.4 is 0 Å². The second kappa shape index (κ2) is 7.66. The lowest BCUT2D eigenvalue weighted by Gasteiger charge is -2.22. The summed E-state index contributed by atoms with van der Waals surface area (Å²) in [5.41, 5.74) is -1.40. The minimum Gasteiger partial charge on any atom is -0.469 e. The van der Waals surface area contributed by atoms with Crippen LogP contribution in [0.2, 0.25) is 0 Å². The van der Waals surface area contributed by atoms with Crippen LogP contribution in [0.5, 0.6) is 0 Å². The quantitative estimate of drug-likeness (QED) is 0.635. The first-order valence-corrected chi connectivity index (χ1v) is 5.71. The molecule has 0 aromatic rings. The van der Waals surface area contributed by atoms with Gasteiger partial charge in [0.25, 0.3) is 0 Å². The highest BCUT2D eigenvalue weighted by molar-refractivity contribution is 5.86. The smallest absolute Gasteiger partial charge is 0.327 e. The van der Waals surface area contributed by atoms with Crippen molar-refractivity contribution in [2.24, 2.45) is 5.41 Å². The average molecular weight is 241 g/mol. The second-order valence-electron chi connectivity index (χ2n) is 3.77. The van der Waals surface area contributed by atoms with Crippen LogP contribution in [-0.2, 0) is 19.1 Å². The van der Waals surface area contributed by atoms with E-state index in [4.69, 9.17) is 4.74 Å². The number of nitriles is 1. The predicted molar refractivity (Wildman–Crippen MR) is 60.8 cm³/mol. The fourth-order valence-electron chi connectivity index (χ4n) is 1.47. The molecule has 5 nitrogen and oxygen atoms in total. The maximum absolute atomic E-state index is 11.8. The number of methoxy groups -OCH3 is 1. The van der Waals surface area contributed by atoms with Gasteiger partial charge in [-0.05, 0) is 13.3 Å². The number of unbranched alkanes of at least 4 members (excludes halogenated alkanes) is 1.